The van der Waals surface area contributed by atoms with Gasteiger partial charge in [0.2, 0.25) is 0 Å². The van der Waals surface area contributed by atoms with Crippen molar-refractivity contribution in [1.82, 2.24) is 0 Å². The molecule has 1 fully saturated rings. The summed E-state index contributed by atoms with van der Waals surface area (Å²) in [7, 11) is 0. The highest BCUT2D eigenvalue weighted by molar-refractivity contribution is 6.33. The van der Waals surface area contributed by atoms with Gasteiger partial charge in [0, 0.05) is 13.1 Å². The molecule has 1 aliphatic rings. The molecule has 20 heavy (non-hydrogen) atoms. The first-order valence-electron chi connectivity index (χ1n) is 7.74. The molecule has 112 valence electrons. The molecule has 1 saturated heterocycles. The third-order valence-electron chi connectivity index (χ3n) is 5.12. The highest BCUT2D eigenvalue weighted by Gasteiger charge is 2.31. The molecule has 0 unspecified atom stereocenters. The minimum atomic E-state index is -0.462. The van der Waals surface area contributed by atoms with Crippen LogP contribution in [0.2, 0.25) is 5.02 Å². The van der Waals surface area contributed by atoms with Crippen LogP contribution in [0, 0.1) is 5.41 Å². The molecule has 1 N–H and O–H groups in total. The van der Waals surface area contributed by atoms with Gasteiger partial charge in [-0.15, -0.1) is 0 Å². The van der Waals surface area contributed by atoms with Gasteiger partial charge < -0.3 is 10.0 Å². The topological polar surface area (TPSA) is 23.5 Å². The van der Waals surface area contributed by atoms with Crippen LogP contribution >= 0.6 is 11.6 Å². The van der Waals surface area contributed by atoms with E-state index in [0.29, 0.717) is 5.41 Å². The van der Waals surface area contributed by atoms with Crippen LogP contribution in [-0.4, -0.2) is 18.2 Å². The first kappa shape index (κ1) is 15.7. The van der Waals surface area contributed by atoms with E-state index in [-0.39, 0.29) is 0 Å². The first-order valence-corrected chi connectivity index (χ1v) is 8.11. The van der Waals surface area contributed by atoms with Crippen LogP contribution in [-0.2, 0) is 0 Å². The van der Waals surface area contributed by atoms with Gasteiger partial charge in [-0.1, -0.05) is 44.4 Å². The van der Waals surface area contributed by atoms with E-state index in [1.165, 1.54) is 25.7 Å². The molecule has 0 radical (unpaired) electrons. The number of halogens is 1. The Kier molecular flexibility index (Phi) is 4.98. The van der Waals surface area contributed by atoms with E-state index in [9.17, 15) is 5.11 Å². The Balaban J connectivity index is 2.11. The van der Waals surface area contributed by atoms with Crippen LogP contribution in [0.15, 0.2) is 18.2 Å². The molecule has 0 saturated carbocycles. The average Bonchev–Trinajstić information content (AvgIpc) is 2.47. The third-order valence-corrected chi connectivity index (χ3v) is 5.42. The summed E-state index contributed by atoms with van der Waals surface area (Å²) in [5.41, 5.74) is 2.52. The molecule has 2 rings (SSSR count). The van der Waals surface area contributed by atoms with E-state index in [1.54, 1.807) is 6.92 Å². The van der Waals surface area contributed by atoms with Crippen molar-refractivity contribution in [2.45, 2.75) is 52.6 Å². The zero-order valence-corrected chi connectivity index (χ0v) is 13.6. The fraction of sp³-hybridized carbons (Fsp3) is 0.647. The molecular weight excluding hydrogens is 270 g/mol. The smallest absolute Gasteiger partial charge is 0.0762 e. The molecule has 2 nitrogen and oxygen atoms in total. The molecule has 3 heteroatoms. The van der Waals surface area contributed by atoms with E-state index < -0.39 is 6.10 Å². The van der Waals surface area contributed by atoms with Crippen molar-refractivity contribution < 1.29 is 5.11 Å². The largest absolute Gasteiger partial charge is 0.389 e. The van der Waals surface area contributed by atoms with Crippen molar-refractivity contribution in [2.75, 3.05) is 18.0 Å². The monoisotopic (exact) mass is 295 g/mol. The van der Waals surface area contributed by atoms with Crippen LogP contribution in [0.4, 0.5) is 5.69 Å². The Morgan fingerprint density at radius 1 is 1.25 bits per heavy atom. The normalized spacial score (nSPS) is 19.9. The van der Waals surface area contributed by atoms with Crippen LogP contribution in [0.25, 0.3) is 0 Å². The van der Waals surface area contributed by atoms with Crippen LogP contribution in [0.3, 0.4) is 0 Å². The van der Waals surface area contributed by atoms with Gasteiger partial charge in [0.25, 0.3) is 0 Å². The van der Waals surface area contributed by atoms with Crippen molar-refractivity contribution in [3.8, 4) is 0 Å². The number of hydrogen-bond acceptors (Lipinski definition) is 2. The van der Waals surface area contributed by atoms with Gasteiger partial charge in [0.1, 0.15) is 0 Å². The number of benzene rings is 1. The number of nitrogens with zero attached hydrogens (tertiary/aromatic N) is 1. The Morgan fingerprint density at radius 3 is 2.30 bits per heavy atom. The van der Waals surface area contributed by atoms with E-state index in [2.05, 4.69) is 24.8 Å². The van der Waals surface area contributed by atoms with E-state index >= 15 is 0 Å². The molecule has 0 bridgehead atoms. The summed E-state index contributed by atoms with van der Waals surface area (Å²) >= 11 is 6.39. The Bertz CT molecular complexity index is 444. The molecule has 1 aromatic rings. The van der Waals surface area contributed by atoms with E-state index in [0.717, 1.165) is 29.4 Å². The minimum absolute atomic E-state index is 0.462. The predicted molar refractivity (Wildman–Crippen MR) is 86.5 cm³/mol. The van der Waals surface area contributed by atoms with Crippen molar-refractivity contribution in [2.24, 2.45) is 5.41 Å². The lowest BCUT2D eigenvalue weighted by Crippen LogP contribution is -2.39. The summed E-state index contributed by atoms with van der Waals surface area (Å²) in [5.74, 6) is 0. The number of aliphatic hydroxyl groups excluding tert-OH is 1. The second kappa shape index (κ2) is 6.36. The Labute approximate surface area is 127 Å². The molecular formula is C17H26ClNO. The summed E-state index contributed by atoms with van der Waals surface area (Å²) in [6.07, 6.45) is 4.57. The van der Waals surface area contributed by atoms with Gasteiger partial charge in [-0.3, -0.25) is 0 Å². The lowest BCUT2D eigenvalue weighted by atomic mass is 9.74. The second-order valence-electron chi connectivity index (χ2n) is 6.08. The maximum atomic E-state index is 9.61. The number of anilines is 1. The summed E-state index contributed by atoms with van der Waals surface area (Å²) in [6, 6.07) is 5.92. The standard InChI is InChI=1S/C17H26ClNO/c1-4-17(5-2)8-10-19(11-9-17)16-7-6-14(13(3)20)12-15(16)18/h6-7,12-13,20H,4-5,8-11H2,1-3H3/t13-/m1/s1. The van der Waals surface area contributed by atoms with Gasteiger partial charge in [0.05, 0.1) is 16.8 Å². The molecule has 0 spiro atoms. The molecule has 1 aromatic carbocycles. The van der Waals surface area contributed by atoms with Crippen LogP contribution in [0.5, 0.6) is 0 Å². The molecule has 0 aromatic heterocycles. The molecule has 1 heterocycles. The average molecular weight is 296 g/mol. The van der Waals surface area contributed by atoms with Crippen molar-refractivity contribution in [1.29, 1.82) is 0 Å². The number of aliphatic hydroxyl groups is 1. The number of piperidine rings is 1. The summed E-state index contributed by atoms with van der Waals surface area (Å²) in [6.45, 7) is 8.54. The predicted octanol–water partition coefficient (Wildman–Crippen LogP) is 4.80. The van der Waals surface area contributed by atoms with Crippen molar-refractivity contribution in [3.63, 3.8) is 0 Å². The minimum Gasteiger partial charge on any atom is -0.389 e. The molecule has 0 aliphatic carbocycles. The van der Waals surface area contributed by atoms with E-state index in [4.69, 9.17) is 11.6 Å². The van der Waals surface area contributed by atoms with Crippen molar-refractivity contribution in [3.05, 3.63) is 28.8 Å². The lowest BCUT2D eigenvalue weighted by Gasteiger charge is -2.42. The number of rotatable bonds is 4. The zero-order valence-electron chi connectivity index (χ0n) is 12.8. The maximum Gasteiger partial charge on any atom is 0.0762 e. The molecule has 1 aliphatic heterocycles. The quantitative estimate of drug-likeness (QED) is 0.862. The van der Waals surface area contributed by atoms with Crippen LogP contribution < -0.4 is 4.90 Å². The fourth-order valence-corrected chi connectivity index (χ4v) is 3.53. The summed E-state index contributed by atoms with van der Waals surface area (Å²) in [5, 5.41) is 10.4. The SMILES string of the molecule is CCC1(CC)CCN(c2ccc([C@@H](C)O)cc2Cl)CC1. The highest BCUT2D eigenvalue weighted by Crippen LogP contribution is 2.40. The Hall–Kier alpha value is -0.730. The van der Waals surface area contributed by atoms with Gasteiger partial charge in [-0.05, 0) is 42.9 Å². The van der Waals surface area contributed by atoms with Gasteiger partial charge >= 0.3 is 0 Å². The van der Waals surface area contributed by atoms with Crippen LogP contribution in [0.1, 0.15) is 58.1 Å². The van der Waals surface area contributed by atoms with Gasteiger partial charge in [-0.25, -0.2) is 0 Å². The first-order chi connectivity index (χ1) is 9.51. The maximum absolute atomic E-state index is 9.61. The Morgan fingerprint density at radius 2 is 1.85 bits per heavy atom. The number of hydrogen-bond donors (Lipinski definition) is 1. The molecule has 1 atom stereocenters. The fourth-order valence-electron chi connectivity index (χ4n) is 3.22. The second-order valence-corrected chi connectivity index (χ2v) is 6.49. The lowest BCUT2D eigenvalue weighted by molar-refractivity contribution is 0.198. The summed E-state index contributed by atoms with van der Waals surface area (Å²) < 4.78 is 0. The highest BCUT2D eigenvalue weighted by atomic mass is 35.5. The van der Waals surface area contributed by atoms with Crippen molar-refractivity contribution >= 4 is 17.3 Å². The summed E-state index contributed by atoms with van der Waals surface area (Å²) in [4.78, 5) is 2.39. The van der Waals surface area contributed by atoms with Gasteiger partial charge in [-0.2, -0.15) is 0 Å². The third kappa shape index (κ3) is 3.12. The van der Waals surface area contributed by atoms with E-state index in [1.807, 2.05) is 12.1 Å². The zero-order chi connectivity index (χ0) is 14.8. The molecule has 0 amide bonds. The van der Waals surface area contributed by atoms with Gasteiger partial charge in [0.15, 0.2) is 0 Å².